The molecule has 0 aliphatic carbocycles. The molecule has 2 aromatic rings. The van der Waals surface area contributed by atoms with Crippen molar-refractivity contribution >= 4 is 27.6 Å². The van der Waals surface area contributed by atoms with Crippen LogP contribution in [0.25, 0.3) is 0 Å². The first-order valence-corrected chi connectivity index (χ1v) is 9.40. The minimum absolute atomic E-state index is 0.0520. The molecule has 0 saturated heterocycles. The summed E-state index contributed by atoms with van der Waals surface area (Å²) in [5.74, 6) is -0.777. The maximum absolute atomic E-state index is 12.0. The third kappa shape index (κ3) is 5.28. The minimum Gasteiger partial charge on any atom is -0.497 e. The first-order chi connectivity index (χ1) is 12.8. The van der Waals surface area contributed by atoms with Crippen molar-refractivity contribution in [3.63, 3.8) is 0 Å². The van der Waals surface area contributed by atoms with Crippen molar-refractivity contribution in [1.82, 2.24) is 4.72 Å². The van der Waals surface area contributed by atoms with E-state index >= 15 is 0 Å². The lowest BCUT2D eigenvalue weighted by Crippen LogP contribution is -2.22. The fourth-order valence-corrected chi connectivity index (χ4v) is 3.23. The zero-order valence-corrected chi connectivity index (χ0v) is 15.9. The molecular formula is C18H20N2O6S. The fraction of sp³-hybridized carbons (Fsp3) is 0.222. The number of esters is 1. The van der Waals surface area contributed by atoms with Gasteiger partial charge < -0.3 is 14.8 Å². The number of sulfonamides is 1. The van der Waals surface area contributed by atoms with E-state index in [-0.39, 0.29) is 16.1 Å². The molecule has 0 spiro atoms. The van der Waals surface area contributed by atoms with E-state index < -0.39 is 28.5 Å². The molecular weight excluding hydrogens is 372 g/mol. The van der Waals surface area contributed by atoms with E-state index in [0.717, 1.165) is 0 Å². The molecule has 0 bridgehead atoms. The number of ether oxygens (including phenoxy) is 2. The summed E-state index contributed by atoms with van der Waals surface area (Å²) in [6, 6.07) is 10.8. The van der Waals surface area contributed by atoms with Gasteiger partial charge in [-0.25, -0.2) is 17.9 Å². The van der Waals surface area contributed by atoms with E-state index in [1.165, 1.54) is 32.4 Å². The van der Waals surface area contributed by atoms with Crippen LogP contribution in [-0.4, -0.2) is 41.1 Å². The van der Waals surface area contributed by atoms with Crippen molar-refractivity contribution in [2.45, 2.75) is 11.8 Å². The lowest BCUT2D eigenvalue weighted by Gasteiger charge is -2.11. The van der Waals surface area contributed by atoms with Gasteiger partial charge in [-0.2, -0.15) is 0 Å². The van der Waals surface area contributed by atoms with E-state index in [9.17, 15) is 18.0 Å². The first-order valence-electron chi connectivity index (χ1n) is 7.92. The van der Waals surface area contributed by atoms with Crippen LogP contribution < -0.4 is 14.8 Å². The summed E-state index contributed by atoms with van der Waals surface area (Å²) >= 11 is 0. The SMILES string of the molecule is CNS(=O)(=O)c1cc(NC(=O)COC(=O)c2cccc(OC)c2)ccc1C. The number of anilines is 1. The largest absolute Gasteiger partial charge is 0.497 e. The number of hydrogen-bond acceptors (Lipinski definition) is 6. The zero-order valence-electron chi connectivity index (χ0n) is 15.1. The predicted octanol–water partition coefficient (Wildman–Crippen LogP) is 1.71. The number of rotatable bonds is 7. The van der Waals surface area contributed by atoms with Crippen molar-refractivity contribution in [3.05, 3.63) is 53.6 Å². The van der Waals surface area contributed by atoms with Crippen LogP contribution in [0.1, 0.15) is 15.9 Å². The van der Waals surface area contributed by atoms with Gasteiger partial charge >= 0.3 is 5.97 Å². The van der Waals surface area contributed by atoms with Crippen molar-refractivity contribution in [2.24, 2.45) is 0 Å². The van der Waals surface area contributed by atoms with Gasteiger partial charge in [-0.15, -0.1) is 0 Å². The van der Waals surface area contributed by atoms with Crippen LogP contribution in [0, 0.1) is 6.92 Å². The van der Waals surface area contributed by atoms with Crippen LogP contribution in [0.5, 0.6) is 5.75 Å². The smallest absolute Gasteiger partial charge is 0.338 e. The van der Waals surface area contributed by atoms with Crippen molar-refractivity contribution in [1.29, 1.82) is 0 Å². The summed E-state index contributed by atoms with van der Waals surface area (Å²) in [6.07, 6.45) is 0. The number of methoxy groups -OCH3 is 1. The molecule has 0 radical (unpaired) electrons. The van der Waals surface area contributed by atoms with Gasteiger partial charge in [-0.05, 0) is 49.9 Å². The Morgan fingerprint density at radius 1 is 1.11 bits per heavy atom. The molecule has 0 unspecified atom stereocenters. The second-order valence-electron chi connectivity index (χ2n) is 5.54. The molecule has 1 amide bonds. The molecule has 0 atom stereocenters. The van der Waals surface area contributed by atoms with Gasteiger partial charge in [-0.1, -0.05) is 12.1 Å². The minimum atomic E-state index is -3.65. The molecule has 8 nitrogen and oxygen atoms in total. The Balaban J connectivity index is 2.01. The first kappa shape index (κ1) is 20.4. The van der Waals surface area contributed by atoms with Crippen LogP contribution in [0.4, 0.5) is 5.69 Å². The van der Waals surface area contributed by atoms with E-state index in [4.69, 9.17) is 9.47 Å². The van der Waals surface area contributed by atoms with Gasteiger partial charge in [0.1, 0.15) is 5.75 Å². The van der Waals surface area contributed by atoms with Crippen LogP contribution in [-0.2, 0) is 19.6 Å². The highest BCUT2D eigenvalue weighted by Crippen LogP contribution is 2.20. The molecule has 2 N–H and O–H groups in total. The van der Waals surface area contributed by atoms with Gasteiger partial charge in [-0.3, -0.25) is 4.79 Å². The summed E-state index contributed by atoms with van der Waals surface area (Å²) in [4.78, 5) is 24.1. The van der Waals surface area contributed by atoms with Crippen LogP contribution >= 0.6 is 0 Å². The molecule has 9 heteroatoms. The molecule has 0 aliphatic rings. The lowest BCUT2D eigenvalue weighted by atomic mass is 10.2. The summed E-state index contributed by atoms with van der Waals surface area (Å²) in [6.45, 7) is 1.13. The normalized spacial score (nSPS) is 10.9. The van der Waals surface area contributed by atoms with Crippen molar-refractivity contribution < 1.29 is 27.5 Å². The third-order valence-corrected chi connectivity index (χ3v) is 5.23. The summed E-state index contributed by atoms with van der Waals surface area (Å²) in [5.41, 5.74) is 1.06. The number of amides is 1. The Morgan fingerprint density at radius 2 is 1.85 bits per heavy atom. The molecule has 0 saturated carbocycles. The Labute approximate surface area is 157 Å². The topological polar surface area (TPSA) is 111 Å². The Bertz CT molecular complexity index is 956. The van der Waals surface area contributed by atoms with E-state index in [0.29, 0.717) is 11.3 Å². The summed E-state index contributed by atoms with van der Waals surface area (Å²) in [7, 11) is -0.876. The van der Waals surface area contributed by atoms with Crippen molar-refractivity contribution in [2.75, 3.05) is 26.1 Å². The van der Waals surface area contributed by atoms with Crippen molar-refractivity contribution in [3.8, 4) is 5.75 Å². The Kier molecular flexibility index (Phi) is 6.54. The number of aryl methyl sites for hydroxylation is 1. The molecule has 2 rings (SSSR count). The molecule has 0 aliphatic heterocycles. The quantitative estimate of drug-likeness (QED) is 0.694. The predicted molar refractivity (Wildman–Crippen MR) is 99.3 cm³/mol. The average molecular weight is 392 g/mol. The number of carbonyl (C=O) groups excluding carboxylic acids is 2. The summed E-state index contributed by atoms with van der Waals surface area (Å²) < 4.78 is 36.2. The molecule has 0 aromatic heterocycles. The van der Waals surface area contributed by atoms with Crippen LogP contribution in [0.15, 0.2) is 47.4 Å². The monoisotopic (exact) mass is 392 g/mol. The van der Waals surface area contributed by atoms with Crippen LogP contribution in [0.3, 0.4) is 0 Å². The molecule has 0 heterocycles. The maximum Gasteiger partial charge on any atom is 0.338 e. The number of hydrogen-bond donors (Lipinski definition) is 2. The maximum atomic E-state index is 12.0. The molecule has 27 heavy (non-hydrogen) atoms. The average Bonchev–Trinajstić information content (AvgIpc) is 2.67. The Hall–Kier alpha value is -2.91. The van der Waals surface area contributed by atoms with E-state index in [1.54, 1.807) is 31.2 Å². The van der Waals surface area contributed by atoms with E-state index in [1.807, 2.05) is 0 Å². The highest BCUT2D eigenvalue weighted by Gasteiger charge is 2.16. The molecule has 0 fully saturated rings. The lowest BCUT2D eigenvalue weighted by molar-refractivity contribution is -0.119. The highest BCUT2D eigenvalue weighted by molar-refractivity contribution is 7.89. The fourth-order valence-electron chi connectivity index (χ4n) is 2.24. The van der Waals surface area contributed by atoms with Gasteiger partial charge in [0, 0.05) is 5.69 Å². The highest BCUT2D eigenvalue weighted by atomic mass is 32.2. The molecule has 144 valence electrons. The molecule has 2 aromatic carbocycles. The third-order valence-electron chi connectivity index (χ3n) is 3.67. The Morgan fingerprint density at radius 3 is 2.52 bits per heavy atom. The number of benzene rings is 2. The standard InChI is InChI=1S/C18H20N2O6S/c1-12-7-8-14(10-16(12)27(23,24)19-2)20-17(21)11-26-18(22)13-5-4-6-15(9-13)25-3/h4-10,19H,11H2,1-3H3,(H,20,21). The van der Waals surface area contributed by atoms with Gasteiger partial charge in [0.25, 0.3) is 5.91 Å². The van der Waals surface area contributed by atoms with Gasteiger partial charge in [0.2, 0.25) is 10.0 Å². The zero-order chi connectivity index (χ0) is 20.0. The summed E-state index contributed by atoms with van der Waals surface area (Å²) in [5, 5.41) is 2.50. The van der Waals surface area contributed by atoms with Gasteiger partial charge in [0.05, 0.1) is 17.6 Å². The second kappa shape index (κ2) is 8.65. The van der Waals surface area contributed by atoms with Gasteiger partial charge in [0.15, 0.2) is 6.61 Å². The number of carbonyl (C=O) groups is 2. The van der Waals surface area contributed by atoms with Crippen LogP contribution in [0.2, 0.25) is 0 Å². The number of nitrogens with one attached hydrogen (secondary N) is 2. The van der Waals surface area contributed by atoms with E-state index in [2.05, 4.69) is 10.0 Å². The second-order valence-corrected chi connectivity index (χ2v) is 7.40.